The zero-order chi connectivity index (χ0) is 13.8. The molecule has 0 atom stereocenters. The van der Waals surface area contributed by atoms with Crippen LogP contribution in [0.25, 0.3) is 0 Å². The molecule has 0 spiro atoms. The van der Waals surface area contributed by atoms with Crippen molar-refractivity contribution in [2.24, 2.45) is 11.8 Å². The average Bonchev–Trinajstić information content (AvgIpc) is 2.30. The van der Waals surface area contributed by atoms with Crippen molar-refractivity contribution in [2.75, 3.05) is 13.6 Å². The van der Waals surface area contributed by atoms with E-state index >= 15 is 0 Å². The van der Waals surface area contributed by atoms with Gasteiger partial charge in [-0.3, -0.25) is 4.79 Å². The Morgan fingerprint density at radius 2 is 2.26 bits per heavy atom. The van der Waals surface area contributed by atoms with E-state index in [1.165, 1.54) is 0 Å². The summed E-state index contributed by atoms with van der Waals surface area (Å²) in [6, 6.07) is 0. The summed E-state index contributed by atoms with van der Waals surface area (Å²) in [5.74, 6) is 1.34. The van der Waals surface area contributed by atoms with Gasteiger partial charge < -0.3 is 14.6 Å². The number of nitrogens with zero attached hydrogens (tertiary/aromatic N) is 2. The zero-order valence-corrected chi connectivity index (χ0v) is 11.9. The summed E-state index contributed by atoms with van der Waals surface area (Å²) >= 11 is 0. The van der Waals surface area contributed by atoms with E-state index in [9.17, 15) is 4.79 Å². The lowest BCUT2D eigenvalue weighted by Crippen LogP contribution is -2.40. The Morgan fingerprint density at radius 1 is 1.53 bits per heavy atom. The number of ether oxygens (including phenoxy) is 1. The molecule has 19 heavy (non-hydrogen) atoms. The Balaban J connectivity index is 1.96. The van der Waals surface area contributed by atoms with E-state index < -0.39 is 0 Å². The minimum absolute atomic E-state index is 0.117. The molecule has 0 saturated heterocycles. The predicted molar refractivity (Wildman–Crippen MR) is 74.4 cm³/mol. The Bertz CT molecular complexity index is 464. The number of hydrogen-bond donors (Lipinski definition) is 1. The molecule has 0 bridgehead atoms. The van der Waals surface area contributed by atoms with Gasteiger partial charge in [-0.1, -0.05) is 13.8 Å². The van der Waals surface area contributed by atoms with Crippen LogP contribution in [0.1, 0.15) is 26.7 Å². The zero-order valence-electron chi connectivity index (χ0n) is 11.9. The van der Waals surface area contributed by atoms with Crippen LogP contribution >= 0.6 is 0 Å². The molecule has 2 rings (SSSR count). The molecule has 1 aliphatic rings. The third-order valence-electron chi connectivity index (χ3n) is 3.41. The largest absolute Gasteiger partial charge is 0.470 e. The van der Waals surface area contributed by atoms with Gasteiger partial charge in [0, 0.05) is 18.9 Å². The summed E-state index contributed by atoms with van der Waals surface area (Å²) in [4.78, 5) is 16.2. The van der Waals surface area contributed by atoms with Gasteiger partial charge in [0.05, 0.1) is 0 Å². The molecule has 1 aromatic rings. The van der Waals surface area contributed by atoms with E-state index in [0.717, 1.165) is 19.4 Å². The van der Waals surface area contributed by atoms with E-state index in [0.29, 0.717) is 18.4 Å². The summed E-state index contributed by atoms with van der Waals surface area (Å²) in [5, 5.41) is 3.16. The molecule has 0 radical (unpaired) electrons. The smallest absolute Gasteiger partial charge is 0.313 e. The van der Waals surface area contributed by atoms with Gasteiger partial charge in [-0.25, -0.2) is 4.98 Å². The van der Waals surface area contributed by atoms with Crippen molar-refractivity contribution in [1.82, 2.24) is 14.9 Å². The monoisotopic (exact) mass is 265 g/mol. The molecular weight excluding hydrogens is 242 g/mol. The minimum atomic E-state index is -0.117. The third-order valence-corrected chi connectivity index (χ3v) is 3.41. The minimum Gasteiger partial charge on any atom is -0.470 e. The predicted octanol–water partition coefficient (Wildman–Crippen LogP) is 1.28. The molecule has 0 aliphatic heterocycles. The van der Waals surface area contributed by atoms with Gasteiger partial charge in [0.2, 0.25) is 0 Å². The first-order valence-electron chi connectivity index (χ1n) is 6.96. The second kappa shape index (κ2) is 6.19. The number of hydrogen-bond acceptors (Lipinski definition) is 4. The first-order chi connectivity index (χ1) is 9.10. The van der Waals surface area contributed by atoms with Crippen LogP contribution in [0.2, 0.25) is 0 Å². The van der Waals surface area contributed by atoms with E-state index in [2.05, 4.69) is 24.1 Å². The molecule has 106 valence electrons. The number of nitrogens with one attached hydrogen (secondary N) is 1. The van der Waals surface area contributed by atoms with E-state index in [1.807, 2.05) is 7.05 Å². The highest BCUT2D eigenvalue weighted by atomic mass is 16.5. The van der Waals surface area contributed by atoms with Crippen LogP contribution in [0.5, 0.6) is 5.88 Å². The van der Waals surface area contributed by atoms with Crippen LogP contribution in [0.3, 0.4) is 0 Å². The van der Waals surface area contributed by atoms with Gasteiger partial charge in [0.1, 0.15) is 6.10 Å². The normalized spacial score (nSPS) is 22.3. The standard InChI is InChI=1S/C14H23N3O2/c1-10(2)9-17-5-4-16-13(14(17)18)19-12-6-11(7-12)8-15-3/h4-5,10-12,15H,6-9H2,1-3H3. The summed E-state index contributed by atoms with van der Waals surface area (Å²) in [6.45, 7) is 5.88. The molecule has 0 unspecified atom stereocenters. The molecular formula is C14H23N3O2. The fraction of sp³-hybridized carbons (Fsp3) is 0.714. The van der Waals surface area contributed by atoms with E-state index in [-0.39, 0.29) is 17.5 Å². The average molecular weight is 265 g/mol. The fourth-order valence-corrected chi connectivity index (χ4v) is 2.43. The highest BCUT2D eigenvalue weighted by Crippen LogP contribution is 2.29. The van der Waals surface area contributed by atoms with Crippen LogP contribution in [-0.2, 0) is 6.54 Å². The third kappa shape index (κ3) is 3.56. The van der Waals surface area contributed by atoms with E-state index in [4.69, 9.17) is 4.74 Å². The van der Waals surface area contributed by atoms with Gasteiger partial charge in [0.15, 0.2) is 0 Å². The van der Waals surface area contributed by atoms with Crippen LogP contribution in [0, 0.1) is 11.8 Å². The van der Waals surface area contributed by atoms with Crippen molar-refractivity contribution in [3.8, 4) is 5.88 Å². The van der Waals surface area contributed by atoms with Crippen LogP contribution < -0.4 is 15.6 Å². The van der Waals surface area contributed by atoms with Gasteiger partial charge in [-0.2, -0.15) is 0 Å². The molecule has 1 aromatic heterocycles. The van der Waals surface area contributed by atoms with Crippen molar-refractivity contribution in [3.63, 3.8) is 0 Å². The van der Waals surface area contributed by atoms with Crippen molar-refractivity contribution < 1.29 is 4.74 Å². The van der Waals surface area contributed by atoms with Crippen LogP contribution in [0.4, 0.5) is 0 Å². The van der Waals surface area contributed by atoms with Crippen molar-refractivity contribution in [3.05, 3.63) is 22.7 Å². The van der Waals surface area contributed by atoms with Crippen molar-refractivity contribution in [2.45, 2.75) is 39.3 Å². The van der Waals surface area contributed by atoms with Crippen LogP contribution in [0.15, 0.2) is 17.2 Å². The molecule has 5 heteroatoms. The molecule has 1 N–H and O–H groups in total. The van der Waals surface area contributed by atoms with Gasteiger partial charge in [-0.15, -0.1) is 0 Å². The summed E-state index contributed by atoms with van der Waals surface area (Å²) in [5.41, 5.74) is -0.117. The Morgan fingerprint density at radius 3 is 2.89 bits per heavy atom. The van der Waals surface area contributed by atoms with Gasteiger partial charge in [0.25, 0.3) is 5.88 Å². The lowest BCUT2D eigenvalue weighted by molar-refractivity contribution is 0.0596. The Labute approximate surface area is 114 Å². The molecule has 1 aliphatic carbocycles. The second-order valence-corrected chi connectivity index (χ2v) is 5.72. The maximum Gasteiger partial charge on any atom is 0.313 e. The number of aromatic nitrogens is 2. The Hall–Kier alpha value is -1.36. The molecule has 0 aromatic carbocycles. The number of rotatable bonds is 6. The maximum absolute atomic E-state index is 12.2. The Kier molecular flexibility index (Phi) is 4.58. The first-order valence-corrected chi connectivity index (χ1v) is 6.96. The molecule has 1 heterocycles. The topological polar surface area (TPSA) is 56.1 Å². The van der Waals surface area contributed by atoms with Crippen molar-refractivity contribution >= 4 is 0 Å². The van der Waals surface area contributed by atoms with Gasteiger partial charge >= 0.3 is 5.56 Å². The molecule has 0 amide bonds. The first kappa shape index (κ1) is 14.1. The summed E-state index contributed by atoms with van der Waals surface area (Å²) < 4.78 is 7.38. The van der Waals surface area contributed by atoms with Gasteiger partial charge in [-0.05, 0) is 38.3 Å². The second-order valence-electron chi connectivity index (χ2n) is 5.72. The lowest BCUT2D eigenvalue weighted by atomic mass is 9.82. The highest BCUT2D eigenvalue weighted by Gasteiger charge is 2.31. The molecule has 1 saturated carbocycles. The molecule has 5 nitrogen and oxygen atoms in total. The van der Waals surface area contributed by atoms with Crippen LogP contribution in [-0.4, -0.2) is 29.2 Å². The summed E-state index contributed by atoms with van der Waals surface area (Å²) in [7, 11) is 1.96. The molecule has 1 fully saturated rings. The highest BCUT2D eigenvalue weighted by molar-refractivity contribution is 5.06. The van der Waals surface area contributed by atoms with Crippen molar-refractivity contribution in [1.29, 1.82) is 0 Å². The summed E-state index contributed by atoms with van der Waals surface area (Å²) in [6.07, 6.45) is 5.51. The maximum atomic E-state index is 12.2. The lowest BCUT2D eigenvalue weighted by Gasteiger charge is -2.34. The fourth-order valence-electron chi connectivity index (χ4n) is 2.43. The van der Waals surface area contributed by atoms with E-state index in [1.54, 1.807) is 17.0 Å². The SMILES string of the molecule is CNCC1CC(Oc2nccn(CC(C)C)c2=O)C1. The quantitative estimate of drug-likeness (QED) is 0.841.